The molecule has 0 saturated carbocycles. The van der Waals surface area contributed by atoms with E-state index in [0.29, 0.717) is 0 Å². The van der Waals surface area contributed by atoms with Gasteiger partial charge in [-0.15, -0.1) is 11.8 Å². The van der Waals surface area contributed by atoms with Crippen LogP contribution in [0.25, 0.3) is 28.1 Å². The first-order valence-corrected chi connectivity index (χ1v) is 8.93. The summed E-state index contributed by atoms with van der Waals surface area (Å²) >= 11 is 1.79. The lowest BCUT2D eigenvalue weighted by Gasteiger charge is -2.03. The second kappa shape index (κ2) is 6.49. The average Bonchev–Trinajstić information content (AvgIpc) is 3.03. The molecule has 2 aromatic heterocycles. The summed E-state index contributed by atoms with van der Waals surface area (Å²) in [6.07, 6.45) is 4.24. The molecule has 4 heteroatoms. The molecule has 0 spiro atoms. The van der Waals surface area contributed by atoms with E-state index in [2.05, 4.69) is 34.8 Å². The van der Waals surface area contributed by atoms with Crippen molar-refractivity contribution in [3.05, 3.63) is 72.8 Å². The van der Waals surface area contributed by atoms with Crippen LogP contribution in [0.2, 0.25) is 0 Å². The summed E-state index contributed by atoms with van der Waals surface area (Å²) in [5.74, 6) is 1.67. The minimum absolute atomic E-state index is 0.762. The van der Waals surface area contributed by atoms with Gasteiger partial charge >= 0.3 is 0 Å². The minimum atomic E-state index is 0.762. The van der Waals surface area contributed by atoms with Gasteiger partial charge in [0.1, 0.15) is 10.7 Å². The van der Waals surface area contributed by atoms with Crippen LogP contribution in [0.15, 0.2) is 77.8 Å². The second-order valence-electron chi connectivity index (χ2n) is 5.44. The molecule has 0 aliphatic carbocycles. The van der Waals surface area contributed by atoms with Crippen molar-refractivity contribution in [2.75, 3.05) is 5.75 Å². The van der Waals surface area contributed by atoms with Gasteiger partial charge in [0.15, 0.2) is 0 Å². The van der Waals surface area contributed by atoms with Crippen molar-refractivity contribution in [3.8, 4) is 11.3 Å². The zero-order valence-corrected chi connectivity index (χ0v) is 14.2. The molecule has 2 heterocycles. The fourth-order valence-corrected chi connectivity index (χ4v) is 3.80. The lowest BCUT2D eigenvalue weighted by atomic mass is 10.2. The number of nitrogens with zero attached hydrogens (tertiary/aromatic N) is 3. The Kier molecular flexibility index (Phi) is 4.05. The number of hydrogen-bond donors (Lipinski definition) is 0. The van der Waals surface area contributed by atoms with Crippen molar-refractivity contribution in [1.29, 1.82) is 0 Å². The Hall–Kier alpha value is -2.59. The molecule has 4 aromatic rings. The lowest BCUT2D eigenvalue weighted by molar-refractivity contribution is 1.11. The van der Waals surface area contributed by atoms with Crippen LogP contribution in [0, 0.1) is 0 Å². The molecule has 0 amide bonds. The molecule has 0 aliphatic heterocycles. The Labute approximate surface area is 145 Å². The third kappa shape index (κ3) is 2.59. The summed E-state index contributed by atoms with van der Waals surface area (Å²) in [4.78, 5) is 9.54. The summed E-state index contributed by atoms with van der Waals surface area (Å²) in [7, 11) is 0. The van der Waals surface area contributed by atoms with Gasteiger partial charge in [-0.25, -0.2) is 9.97 Å². The maximum Gasteiger partial charge on any atom is 0.236 e. The largest absolute Gasteiger partial charge is 0.269 e. The SMILES string of the molecule is C/C=C/CSc1c(-c2ccccc2)nc2nc3cccccc3n12. The molecule has 0 aliphatic rings. The van der Waals surface area contributed by atoms with Crippen LogP contribution in [0.1, 0.15) is 6.92 Å². The van der Waals surface area contributed by atoms with Crippen LogP contribution in [-0.4, -0.2) is 20.1 Å². The third-order valence-electron chi connectivity index (χ3n) is 3.87. The topological polar surface area (TPSA) is 30.2 Å². The van der Waals surface area contributed by atoms with Gasteiger partial charge in [0.05, 0.1) is 11.0 Å². The van der Waals surface area contributed by atoms with Gasteiger partial charge in [-0.3, -0.25) is 4.40 Å². The Morgan fingerprint density at radius 2 is 1.71 bits per heavy atom. The first-order chi connectivity index (χ1) is 11.9. The van der Waals surface area contributed by atoms with Crippen LogP contribution in [0.5, 0.6) is 0 Å². The van der Waals surface area contributed by atoms with Gasteiger partial charge in [-0.05, 0) is 19.1 Å². The van der Waals surface area contributed by atoms with E-state index in [1.807, 2.05) is 49.4 Å². The molecule has 0 atom stereocenters. The molecule has 3 nitrogen and oxygen atoms in total. The first-order valence-electron chi connectivity index (χ1n) is 7.95. The van der Waals surface area contributed by atoms with E-state index in [1.54, 1.807) is 11.8 Å². The fraction of sp³-hybridized carbons (Fsp3) is 0.100. The van der Waals surface area contributed by atoms with E-state index in [0.717, 1.165) is 38.8 Å². The van der Waals surface area contributed by atoms with Crippen molar-refractivity contribution in [2.45, 2.75) is 11.9 Å². The number of hydrogen-bond acceptors (Lipinski definition) is 3. The third-order valence-corrected chi connectivity index (χ3v) is 4.88. The number of thioether (sulfide) groups is 1. The average molecular weight is 331 g/mol. The van der Waals surface area contributed by atoms with Gasteiger partial charge in [0, 0.05) is 11.3 Å². The highest BCUT2D eigenvalue weighted by atomic mass is 32.2. The number of rotatable bonds is 4. The van der Waals surface area contributed by atoms with E-state index in [-0.39, 0.29) is 0 Å². The number of benzene rings is 1. The van der Waals surface area contributed by atoms with Gasteiger partial charge in [-0.1, -0.05) is 60.7 Å². The summed E-state index contributed by atoms with van der Waals surface area (Å²) in [5, 5.41) is 1.14. The van der Waals surface area contributed by atoms with Gasteiger partial charge in [0.2, 0.25) is 5.78 Å². The van der Waals surface area contributed by atoms with E-state index in [9.17, 15) is 0 Å². The van der Waals surface area contributed by atoms with E-state index < -0.39 is 0 Å². The number of fused-ring (bicyclic) bond motifs is 3. The quantitative estimate of drug-likeness (QED) is 0.379. The zero-order chi connectivity index (χ0) is 16.4. The van der Waals surface area contributed by atoms with Crippen LogP contribution in [0.4, 0.5) is 0 Å². The predicted octanol–water partition coefficient (Wildman–Crippen LogP) is 5.22. The summed E-state index contributed by atoms with van der Waals surface area (Å²) in [6.45, 7) is 2.05. The molecular formula is C20H17N3S. The Morgan fingerprint density at radius 3 is 2.50 bits per heavy atom. The fourth-order valence-electron chi connectivity index (χ4n) is 2.75. The molecule has 0 fully saturated rings. The number of imidazole rings is 2. The maximum absolute atomic E-state index is 4.83. The van der Waals surface area contributed by atoms with Crippen molar-refractivity contribution < 1.29 is 0 Å². The van der Waals surface area contributed by atoms with Crippen LogP contribution in [-0.2, 0) is 0 Å². The minimum Gasteiger partial charge on any atom is -0.269 e. The van der Waals surface area contributed by atoms with Crippen LogP contribution < -0.4 is 0 Å². The highest BCUT2D eigenvalue weighted by Gasteiger charge is 2.18. The molecule has 0 bridgehead atoms. The van der Waals surface area contributed by atoms with E-state index in [1.165, 1.54) is 0 Å². The normalized spacial score (nSPS) is 11.7. The van der Waals surface area contributed by atoms with Gasteiger partial charge in [0.25, 0.3) is 0 Å². The van der Waals surface area contributed by atoms with E-state index >= 15 is 0 Å². The molecule has 0 saturated heterocycles. The summed E-state index contributed by atoms with van der Waals surface area (Å²) in [6, 6.07) is 20.5. The molecule has 4 rings (SSSR count). The second-order valence-corrected chi connectivity index (χ2v) is 6.45. The van der Waals surface area contributed by atoms with E-state index in [4.69, 9.17) is 9.97 Å². The molecule has 118 valence electrons. The van der Waals surface area contributed by atoms with Crippen molar-refractivity contribution in [1.82, 2.24) is 14.4 Å². The van der Waals surface area contributed by atoms with Gasteiger partial charge < -0.3 is 0 Å². The number of aromatic nitrogens is 3. The molecule has 0 unspecified atom stereocenters. The summed E-state index contributed by atoms with van der Waals surface area (Å²) < 4.78 is 2.17. The standard InChI is InChI=1S/C20H17N3S/c1-2-3-14-24-19-18(15-10-6-4-7-11-15)22-20-21-16-12-8-5-9-13-17(16)23(19)20/h2-13H,14H2,1H3/b3-2+. The van der Waals surface area contributed by atoms with Crippen LogP contribution >= 0.6 is 11.8 Å². The highest BCUT2D eigenvalue weighted by molar-refractivity contribution is 7.99. The number of allylic oxidation sites excluding steroid dienone is 1. The Bertz CT molecular complexity index is 1020. The Balaban J connectivity index is 1.99. The summed E-state index contributed by atoms with van der Waals surface area (Å²) in [5.41, 5.74) is 4.18. The molecular weight excluding hydrogens is 314 g/mol. The monoisotopic (exact) mass is 331 g/mol. The van der Waals surface area contributed by atoms with Crippen LogP contribution in [0.3, 0.4) is 0 Å². The van der Waals surface area contributed by atoms with Crippen molar-refractivity contribution >= 4 is 28.6 Å². The zero-order valence-electron chi connectivity index (χ0n) is 13.4. The molecule has 2 aromatic carbocycles. The predicted molar refractivity (Wildman–Crippen MR) is 101 cm³/mol. The molecule has 24 heavy (non-hydrogen) atoms. The molecule has 0 N–H and O–H groups in total. The van der Waals surface area contributed by atoms with Crippen molar-refractivity contribution in [3.63, 3.8) is 0 Å². The smallest absolute Gasteiger partial charge is 0.236 e. The lowest BCUT2D eigenvalue weighted by Crippen LogP contribution is -1.86. The van der Waals surface area contributed by atoms with Gasteiger partial charge in [-0.2, -0.15) is 0 Å². The molecule has 0 radical (unpaired) electrons. The maximum atomic E-state index is 4.83. The van der Waals surface area contributed by atoms with Crippen molar-refractivity contribution in [2.24, 2.45) is 0 Å². The highest BCUT2D eigenvalue weighted by Crippen LogP contribution is 2.34. The Morgan fingerprint density at radius 1 is 0.958 bits per heavy atom. The first kappa shape index (κ1) is 15.0.